The number of carboxylic acid groups (broad SMARTS) is 1. The molecule has 0 bridgehead atoms. The lowest BCUT2D eigenvalue weighted by Gasteiger charge is -2.47. The van der Waals surface area contributed by atoms with Gasteiger partial charge in [-0.2, -0.15) is 0 Å². The Morgan fingerprint density at radius 3 is 1.94 bits per heavy atom. The molecule has 0 aromatic heterocycles. The molecule has 11 atom stereocenters. The quantitative estimate of drug-likeness (QED) is 0.0229. The molecule has 2 heterocycles. The van der Waals surface area contributed by atoms with Crippen LogP contribution >= 0.6 is 0 Å². The number of carboxylic acids is 1. The van der Waals surface area contributed by atoms with Crippen LogP contribution in [-0.4, -0.2) is 159 Å². The number of nitrogens with zero attached hydrogens (tertiary/aromatic N) is 2. The van der Waals surface area contributed by atoms with Gasteiger partial charge in [-0.3, -0.25) is 24.0 Å². The third kappa shape index (κ3) is 20.9. The van der Waals surface area contributed by atoms with Crippen LogP contribution in [0, 0.1) is 23.7 Å². The maximum Gasteiger partial charge on any atom is 0.408 e. The first-order chi connectivity index (χ1) is 41.7. The number of aliphatic carboxylic acids is 1. The van der Waals surface area contributed by atoms with Crippen LogP contribution < -0.4 is 20.7 Å². The van der Waals surface area contributed by atoms with Crippen molar-refractivity contribution in [2.75, 3.05) is 27.6 Å². The molecule has 2 aliphatic rings. The van der Waals surface area contributed by atoms with Crippen molar-refractivity contribution < 1.29 is 81.0 Å². The van der Waals surface area contributed by atoms with E-state index in [4.69, 9.17) is 37.6 Å². The summed E-state index contributed by atoms with van der Waals surface area (Å²) in [5.74, 6) is -6.04. The minimum Gasteiger partial charge on any atom is -0.497 e. The van der Waals surface area contributed by atoms with E-state index < -0.39 is 134 Å². The Bertz CT molecular complexity index is 2640. The van der Waals surface area contributed by atoms with Gasteiger partial charge in [0.1, 0.15) is 67.2 Å². The molecule has 4 rings (SSSR count). The predicted molar refractivity (Wildman–Crippen MR) is 338 cm³/mol. The Labute approximate surface area is 529 Å². The fraction of sp³-hybridized carbons (Fsp3) is 0.697. The van der Waals surface area contributed by atoms with Gasteiger partial charge in [0.15, 0.2) is 0 Å². The van der Waals surface area contributed by atoms with Gasteiger partial charge in [-0.25, -0.2) is 14.4 Å². The number of hydrogen-bond acceptors (Lipinski definition) is 16. The zero-order valence-electron chi connectivity index (χ0n) is 56.3. The molecular weight excluding hydrogens is 1160 g/mol. The number of carbonyl (C=O) groups excluding carboxylic acids is 7. The molecular formula is C66H105N5O17Si. The number of benzene rings is 2. The molecule has 0 aliphatic carbocycles. The Morgan fingerprint density at radius 1 is 0.753 bits per heavy atom. The highest BCUT2D eigenvalue weighted by molar-refractivity contribution is 6.77. The van der Waals surface area contributed by atoms with Gasteiger partial charge in [0.05, 0.1) is 31.6 Å². The summed E-state index contributed by atoms with van der Waals surface area (Å²) < 4.78 is 47.8. The summed E-state index contributed by atoms with van der Waals surface area (Å²) >= 11 is 0. The lowest BCUT2D eigenvalue weighted by atomic mass is 9.91. The topological polar surface area (TPSA) is 273 Å². The van der Waals surface area contributed by atoms with Crippen molar-refractivity contribution in [2.45, 2.75) is 246 Å². The zero-order valence-corrected chi connectivity index (χ0v) is 57.3. The standard InChI is InChI=1S/C66H105N5O17Si/c1-20-43(12)55(53(88-89(40(6)7,41(8)9)42(10)11)34-54(72)86-57(39(4)5)58(84-37-81-18)44(13)62(76)77)68-59(73)56(69-65(80)87-66(15,16)17)45(14)85-63(78)52-33-47-28-29-49(82-19)32-48(47)35-71(52)61(75)51-27-24-30-70(51)60(74)50(31-38(2)3)67-64(79)83-36-46-25-22-21-23-26-46/h21-23,25-26,28-29,32,38-45,50-53,55-58H,20,24,27,30-31,33-37H2,1-19H3,(H,67,79)(H,68,73)(H,69,80)(H,76,77)/t43-,44-,45+,50-,51-,52-,53-,55+,56-,57-,58-/m0/s1. The Hall–Kier alpha value is -6.30. The van der Waals surface area contributed by atoms with Crippen molar-refractivity contribution in [1.29, 1.82) is 0 Å². The first-order valence-corrected chi connectivity index (χ1v) is 33.8. The van der Waals surface area contributed by atoms with Crippen LogP contribution in [0.2, 0.25) is 16.6 Å². The molecule has 4 N–H and O–H groups in total. The van der Waals surface area contributed by atoms with Gasteiger partial charge >= 0.3 is 30.1 Å². The second-order valence-electron chi connectivity index (χ2n) is 26.6. The molecule has 0 unspecified atom stereocenters. The molecule has 2 aromatic rings. The van der Waals surface area contributed by atoms with Crippen molar-refractivity contribution in [3.8, 4) is 5.75 Å². The van der Waals surface area contributed by atoms with Crippen molar-refractivity contribution in [3.63, 3.8) is 0 Å². The molecule has 0 spiro atoms. The largest absolute Gasteiger partial charge is 0.497 e. The Balaban J connectivity index is 1.78. The monoisotopic (exact) mass is 1270 g/mol. The molecule has 89 heavy (non-hydrogen) atoms. The van der Waals surface area contributed by atoms with Crippen LogP contribution in [0.5, 0.6) is 5.75 Å². The van der Waals surface area contributed by atoms with Crippen molar-refractivity contribution in [1.82, 2.24) is 25.8 Å². The average molecular weight is 1270 g/mol. The highest BCUT2D eigenvalue weighted by Crippen LogP contribution is 2.44. The molecule has 500 valence electrons. The van der Waals surface area contributed by atoms with Crippen molar-refractivity contribution >= 4 is 56.1 Å². The molecule has 2 aromatic carbocycles. The molecule has 22 nitrogen and oxygen atoms in total. The first kappa shape index (κ1) is 75.2. The van der Waals surface area contributed by atoms with Crippen molar-refractivity contribution in [2.24, 2.45) is 23.7 Å². The van der Waals surface area contributed by atoms with Gasteiger partial charge in [-0.05, 0) is 117 Å². The fourth-order valence-electron chi connectivity index (χ4n) is 12.3. The summed E-state index contributed by atoms with van der Waals surface area (Å²) in [6.45, 7) is 31.5. The molecule has 5 amide bonds. The van der Waals surface area contributed by atoms with E-state index in [1.807, 2.05) is 58.0 Å². The number of likely N-dealkylation sites (tertiary alicyclic amines) is 1. The van der Waals surface area contributed by atoms with E-state index in [-0.39, 0.29) is 74.7 Å². The zero-order chi connectivity index (χ0) is 66.8. The van der Waals surface area contributed by atoms with E-state index in [9.17, 15) is 29.1 Å². The number of rotatable bonds is 32. The van der Waals surface area contributed by atoms with Crippen LogP contribution in [0.15, 0.2) is 48.5 Å². The van der Waals surface area contributed by atoms with Gasteiger partial charge in [-0.15, -0.1) is 0 Å². The maximum absolute atomic E-state index is 15.4. The number of nitrogens with one attached hydrogen (secondary N) is 3. The third-order valence-electron chi connectivity index (χ3n) is 17.1. The minimum absolute atomic E-state index is 0.0133. The first-order valence-electron chi connectivity index (χ1n) is 31.7. The number of ether oxygens (including phenoxy) is 7. The number of carbonyl (C=O) groups is 8. The minimum atomic E-state index is -2.93. The summed E-state index contributed by atoms with van der Waals surface area (Å²) in [7, 11) is -0.00908. The average Bonchev–Trinajstić information content (AvgIpc) is 1.70. The predicted octanol–water partition coefficient (Wildman–Crippen LogP) is 9.86. The molecule has 1 saturated heterocycles. The van der Waals surface area contributed by atoms with E-state index in [0.29, 0.717) is 24.2 Å². The van der Waals surface area contributed by atoms with Gasteiger partial charge in [0.2, 0.25) is 26.0 Å². The van der Waals surface area contributed by atoms with Crippen molar-refractivity contribution in [3.05, 3.63) is 65.2 Å². The highest BCUT2D eigenvalue weighted by Gasteiger charge is 2.51. The lowest BCUT2D eigenvalue weighted by Crippen LogP contribution is -2.62. The van der Waals surface area contributed by atoms with Crippen LogP contribution in [0.1, 0.15) is 166 Å². The van der Waals surface area contributed by atoms with Gasteiger partial charge < -0.3 is 68.4 Å². The van der Waals surface area contributed by atoms with E-state index in [1.54, 1.807) is 52.8 Å². The SMILES string of the molecule is CC[C@H](C)[C@@H](NC(=O)[C@@H](NC(=O)OC(C)(C)C)[C@@H](C)OC(=O)[C@@H]1Cc2ccc(OC)cc2CN1C(=O)[C@@H]1CCCN1C(=O)[C@H](CC(C)C)NC(=O)OCc1ccccc1)[C@H](CC(=O)O[C@@H](C(C)C)[C@@H](OCOC)[C@H](C)C(=O)O)O[Si](C(C)C)(C(C)C)C(C)C. The second kappa shape index (κ2) is 34.2. The number of fused-ring (bicyclic) bond motifs is 1. The number of methoxy groups -OCH3 is 2. The van der Waals surface area contributed by atoms with Crippen LogP contribution in [0.4, 0.5) is 9.59 Å². The lowest BCUT2D eigenvalue weighted by molar-refractivity contribution is -0.185. The molecule has 0 radical (unpaired) electrons. The maximum atomic E-state index is 15.4. The highest BCUT2D eigenvalue weighted by atomic mass is 28.4. The third-order valence-corrected chi connectivity index (χ3v) is 23.2. The summed E-state index contributed by atoms with van der Waals surface area (Å²) in [4.78, 5) is 118. The summed E-state index contributed by atoms with van der Waals surface area (Å²) in [5, 5.41) is 18.7. The summed E-state index contributed by atoms with van der Waals surface area (Å²) in [5.41, 5.74) is 1.19. The fourth-order valence-corrected chi connectivity index (χ4v) is 17.9. The molecule has 23 heteroatoms. The second-order valence-corrected chi connectivity index (χ2v) is 32.0. The van der Waals surface area contributed by atoms with E-state index in [0.717, 1.165) is 11.1 Å². The van der Waals surface area contributed by atoms with E-state index >= 15 is 14.4 Å². The van der Waals surface area contributed by atoms with Crippen LogP contribution in [-0.2, 0) is 81.2 Å². The normalized spacial score (nSPS) is 18.4. The molecule has 0 saturated carbocycles. The van der Waals surface area contributed by atoms with Crippen LogP contribution in [0.3, 0.4) is 0 Å². The number of alkyl carbamates (subject to hydrolysis) is 2. The van der Waals surface area contributed by atoms with E-state index in [2.05, 4.69) is 57.5 Å². The number of hydrogen-bond donors (Lipinski definition) is 4. The smallest absolute Gasteiger partial charge is 0.408 e. The molecule has 2 aliphatic heterocycles. The van der Waals surface area contributed by atoms with Crippen LogP contribution in [0.25, 0.3) is 0 Å². The summed E-state index contributed by atoms with van der Waals surface area (Å²) in [6.07, 6.45) is -5.37. The Kier molecular flexibility index (Phi) is 28.9. The summed E-state index contributed by atoms with van der Waals surface area (Å²) in [6, 6.07) is 8.49. The van der Waals surface area contributed by atoms with Gasteiger partial charge in [-0.1, -0.05) is 126 Å². The van der Waals surface area contributed by atoms with Gasteiger partial charge in [0, 0.05) is 26.6 Å². The Morgan fingerprint density at radius 2 is 1.39 bits per heavy atom. The number of amides is 5. The number of esters is 2. The van der Waals surface area contributed by atoms with E-state index in [1.165, 1.54) is 37.9 Å². The molecule has 1 fully saturated rings. The van der Waals surface area contributed by atoms with Gasteiger partial charge in [0.25, 0.3) is 0 Å².